The van der Waals surface area contributed by atoms with E-state index in [0.717, 1.165) is 0 Å². The van der Waals surface area contributed by atoms with Crippen LogP contribution in [-0.2, 0) is 11.4 Å². The quantitative estimate of drug-likeness (QED) is 0.704. The van der Waals surface area contributed by atoms with Crippen molar-refractivity contribution in [2.24, 2.45) is 0 Å². The molecule has 0 spiro atoms. The lowest BCUT2D eigenvalue weighted by Gasteiger charge is -2.15. The van der Waals surface area contributed by atoms with Gasteiger partial charge in [-0.05, 0) is 25.5 Å². The molecule has 132 valence electrons. The molecule has 8 nitrogen and oxygen atoms in total. The highest BCUT2D eigenvalue weighted by Gasteiger charge is 2.21. The van der Waals surface area contributed by atoms with E-state index in [0.29, 0.717) is 17.5 Å². The van der Waals surface area contributed by atoms with Crippen LogP contribution in [0.5, 0.6) is 5.75 Å². The summed E-state index contributed by atoms with van der Waals surface area (Å²) in [6, 6.07) is 5.53. The third kappa shape index (κ3) is 5.17. The number of nitrogens with one attached hydrogen (secondary N) is 1. The summed E-state index contributed by atoms with van der Waals surface area (Å²) in [5, 5.41) is 15.4. The van der Waals surface area contributed by atoms with Crippen molar-refractivity contribution in [1.29, 1.82) is 0 Å². The fourth-order valence-electron chi connectivity index (χ4n) is 2.05. The topological polar surface area (TPSA) is 115 Å². The standard InChI is InChI=1S/C17H19N3O5/c1-3-4-8-13(17(22)23)19-16(21)12-7-5-6-9-14(12)24-10-15-18-11(2)25-20-15/h3-7,9,13H,8,10H2,1-2H3,(H,19,21)(H,22,23)/b4-3+. The second kappa shape index (κ2) is 8.62. The van der Waals surface area contributed by atoms with Crippen LogP contribution in [0.1, 0.15) is 35.4 Å². The average Bonchev–Trinajstić information content (AvgIpc) is 3.02. The van der Waals surface area contributed by atoms with Gasteiger partial charge in [-0.3, -0.25) is 4.79 Å². The van der Waals surface area contributed by atoms with E-state index in [2.05, 4.69) is 15.5 Å². The predicted molar refractivity (Wildman–Crippen MR) is 88.1 cm³/mol. The maximum Gasteiger partial charge on any atom is 0.326 e. The second-order valence-corrected chi connectivity index (χ2v) is 5.18. The lowest BCUT2D eigenvalue weighted by atomic mass is 10.1. The van der Waals surface area contributed by atoms with Crippen molar-refractivity contribution in [2.45, 2.75) is 32.9 Å². The smallest absolute Gasteiger partial charge is 0.326 e. The summed E-state index contributed by atoms with van der Waals surface area (Å²) in [6.45, 7) is 3.47. The summed E-state index contributed by atoms with van der Waals surface area (Å²) in [5.41, 5.74) is 0.231. The molecule has 0 aliphatic rings. The fraction of sp³-hybridized carbons (Fsp3) is 0.294. The first-order valence-electron chi connectivity index (χ1n) is 7.67. The molecule has 1 heterocycles. The molecule has 0 radical (unpaired) electrons. The molecule has 1 aromatic carbocycles. The van der Waals surface area contributed by atoms with E-state index >= 15 is 0 Å². The summed E-state index contributed by atoms with van der Waals surface area (Å²) in [4.78, 5) is 27.7. The number of aromatic nitrogens is 2. The van der Waals surface area contributed by atoms with Crippen LogP contribution >= 0.6 is 0 Å². The molecule has 1 aromatic heterocycles. The lowest BCUT2D eigenvalue weighted by Crippen LogP contribution is -2.40. The number of aryl methyl sites for hydroxylation is 1. The molecule has 25 heavy (non-hydrogen) atoms. The maximum absolute atomic E-state index is 12.4. The molecule has 2 aromatic rings. The van der Waals surface area contributed by atoms with Crippen molar-refractivity contribution in [1.82, 2.24) is 15.5 Å². The van der Waals surface area contributed by atoms with Crippen LogP contribution in [0.4, 0.5) is 0 Å². The first-order chi connectivity index (χ1) is 12.0. The maximum atomic E-state index is 12.4. The van der Waals surface area contributed by atoms with Gasteiger partial charge in [-0.2, -0.15) is 4.98 Å². The number of allylic oxidation sites excluding steroid dienone is 1. The predicted octanol–water partition coefficient (Wildman–Crippen LogP) is 2.11. The Hall–Kier alpha value is -3.16. The second-order valence-electron chi connectivity index (χ2n) is 5.18. The SMILES string of the molecule is C/C=C/CC(NC(=O)c1ccccc1OCc1noc(C)n1)C(=O)O. The number of hydrogen-bond acceptors (Lipinski definition) is 6. The number of benzene rings is 1. The van der Waals surface area contributed by atoms with Gasteiger partial charge < -0.3 is 19.7 Å². The Balaban J connectivity index is 2.09. The summed E-state index contributed by atoms with van der Waals surface area (Å²) >= 11 is 0. The number of amides is 1. The van der Waals surface area contributed by atoms with Gasteiger partial charge in [0, 0.05) is 6.92 Å². The largest absolute Gasteiger partial charge is 0.485 e. The number of ether oxygens (including phenoxy) is 1. The number of hydrogen-bond donors (Lipinski definition) is 2. The van der Waals surface area contributed by atoms with Crippen LogP contribution < -0.4 is 10.1 Å². The molecule has 0 fully saturated rings. The van der Waals surface area contributed by atoms with E-state index < -0.39 is 17.9 Å². The minimum atomic E-state index is -1.10. The van der Waals surface area contributed by atoms with Gasteiger partial charge in [-0.15, -0.1) is 0 Å². The Morgan fingerprint density at radius 2 is 2.16 bits per heavy atom. The Morgan fingerprint density at radius 3 is 2.80 bits per heavy atom. The fourth-order valence-corrected chi connectivity index (χ4v) is 2.05. The molecular formula is C17H19N3O5. The summed E-state index contributed by atoms with van der Waals surface area (Å²) in [5.74, 6) is -0.566. The zero-order chi connectivity index (χ0) is 18.2. The number of carboxylic acids is 1. The van der Waals surface area contributed by atoms with Crippen molar-refractivity contribution in [3.8, 4) is 5.75 Å². The third-order valence-corrected chi connectivity index (χ3v) is 3.27. The van der Waals surface area contributed by atoms with E-state index in [1.54, 1.807) is 50.3 Å². The third-order valence-electron chi connectivity index (χ3n) is 3.27. The minimum Gasteiger partial charge on any atom is -0.485 e. The van der Waals surface area contributed by atoms with Crippen molar-refractivity contribution >= 4 is 11.9 Å². The zero-order valence-corrected chi connectivity index (χ0v) is 13.9. The number of rotatable bonds is 8. The van der Waals surface area contributed by atoms with Gasteiger partial charge in [-0.1, -0.05) is 29.4 Å². The van der Waals surface area contributed by atoms with E-state index in [9.17, 15) is 14.7 Å². The Bertz CT molecular complexity index is 769. The molecule has 1 unspecified atom stereocenters. The van der Waals surface area contributed by atoms with E-state index in [4.69, 9.17) is 9.26 Å². The Morgan fingerprint density at radius 1 is 1.40 bits per heavy atom. The average molecular weight is 345 g/mol. The molecule has 2 N–H and O–H groups in total. The van der Waals surface area contributed by atoms with E-state index in [1.807, 2.05) is 0 Å². The van der Waals surface area contributed by atoms with Gasteiger partial charge in [0.15, 0.2) is 6.61 Å². The lowest BCUT2D eigenvalue weighted by molar-refractivity contribution is -0.139. The van der Waals surface area contributed by atoms with Gasteiger partial charge in [-0.25, -0.2) is 4.79 Å². The van der Waals surface area contributed by atoms with Crippen LogP contribution in [0.25, 0.3) is 0 Å². The highest BCUT2D eigenvalue weighted by molar-refractivity contribution is 5.98. The molecule has 0 saturated carbocycles. The molecule has 0 saturated heterocycles. The normalized spacial score (nSPS) is 12.1. The highest BCUT2D eigenvalue weighted by Crippen LogP contribution is 2.19. The van der Waals surface area contributed by atoms with E-state index in [-0.39, 0.29) is 18.6 Å². The van der Waals surface area contributed by atoms with Gasteiger partial charge in [0.25, 0.3) is 5.91 Å². The van der Waals surface area contributed by atoms with Gasteiger partial charge >= 0.3 is 5.97 Å². The van der Waals surface area contributed by atoms with Crippen LogP contribution in [0.3, 0.4) is 0 Å². The van der Waals surface area contributed by atoms with Crippen molar-refractivity contribution in [3.63, 3.8) is 0 Å². The van der Waals surface area contributed by atoms with Crippen LogP contribution in [-0.4, -0.2) is 33.2 Å². The first kappa shape index (κ1) is 18.2. The van der Waals surface area contributed by atoms with Crippen molar-refractivity contribution in [3.05, 3.63) is 53.7 Å². The molecule has 1 amide bonds. The van der Waals surface area contributed by atoms with Crippen LogP contribution in [0.15, 0.2) is 40.9 Å². The summed E-state index contributed by atoms with van der Waals surface area (Å²) in [7, 11) is 0. The number of nitrogens with zero attached hydrogens (tertiary/aromatic N) is 2. The van der Waals surface area contributed by atoms with Crippen molar-refractivity contribution in [2.75, 3.05) is 0 Å². The van der Waals surface area contributed by atoms with Gasteiger partial charge in [0.2, 0.25) is 11.7 Å². The van der Waals surface area contributed by atoms with E-state index in [1.165, 1.54) is 0 Å². The highest BCUT2D eigenvalue weighted by atomic mass is 16.5. The monoisotopic (exact) mass is 345 g/mol. The molecule has 0 aliphatic carbocycles. The molecule has 1 atom stereocenters. The number of carbonyl (C=O) groups excluding carboxylic acids is 1. The Kier molecular flexibility index (Phi) is 6.27. The van der Waals surface area contributed by atoms with Crippen LogP contribution in [0, 0.1) is 6.92 Å². The molecular weight excluding hydrogens is 326 g/mol. The molecule has 8 heteroatoms. The number of carboxylic acid groups (broad SMARTS) is 1. The minimum absolute atomic E-state index is 0.0303. The zero-order valence-electron chi connectivity index (χ0n) is 13.9. The van der Waals surface area contributed by atoms with Gasteiger partial charge in [0.05, 0.1) is 5.56 Å². The number of aliphatic carboxylic acids is 1. The van der Waals surface area contributed by atoms with Gasteiger partial charge in [0.1, 0.15) is 11.8 Å². The Labute approximate surface area is 144 Å². The molecule has 0 aliphatic heterocycles. The number of carbonyl (C=O) groups is 2. The first-order valence-corrected chi connectivity index (χ1v) is 7.67. The number of para-hydroxylation sites is 1. The van der Waals surface area contributed by atoms with Crippen LogP contribution in [0.2, 0.25) is 0 Å². The van der Waals surface area contributed by atoms with Crippen molar-refractivity contribution < 1.29 is 24.0 Å². The summed E-state index contributed by atoms with van der Waals surface area (Å²) < 4.78 is 10.4. The molecule has 0 bridgehead atoms. The summed E-state index contributed by atoms with van der Waals surface area (Å²) in [6.07, 6.45) is 3.61. The molecule has 2 rings (SSSR count).